The van der Waals surface area contributed by atoms with Crippen LogP contribution in [0.2, 0.25) is 0 Å². The maximum atomic E-state index is 12.6. The summed E-state index contributed by atoms with van der Waals surface area (Å²) in [5, 5.41) is 0.822. The number of benzene rings is 2. The minimum absolute atomic E-state index is 0.587. The number of aryl methyl sites for hydroxylation is 1. The van der Waals surface area contributed by atoms with Gasteiger partial charge in [-0.1, -0.05) is 30.3 Å². The number of hydrogen-bond acceptors (Lipinski definition) is 2. The molecule has 1 heterocycles. The molecule has 0 atom stereocenters. The van der Waals surface area contributed by atoms with E-state index in [1.54, 1.807) is 6.92 Å². The molecule has 0 aliphatic carbocycles. The molecule has 0 aliphatic heterocycles. The molecule has 0 unspecified atom stereocenters. The van der Waals surface area contributed by atoms with Crippen LogP contribution in [0.15, 0.2) is 48.5 Å². The van der Waals surface area contributed by atoms with Crippen LogP contribution in [0, 0.1) is 6.92 Å². The molecule has 0 N–H and O–H groups in total. The lowest BCUT2D eigenvalue weighted by molar-refractivity contribution is -0.137. The Morgan fingerprint density at radius 3 is 2.19 bits per heavy atom. The van der Waals surface area contributed by atoms with Crippen LogP contribution < -0.4 is 0 Å². The molecular formula is C16H11F3N2. The zero-order valence-electron chi connectivity index (χ0n) is 11.1. The second-order valence-corrected chi connectivity index (χ2v) is 4.71. The van der Waals surface area contributed by atoms with Crippen LogP contribution in [-0.2, 0) is 6.18 Å². The van der Waals surface area contributed by atoms with Crippen molar-refractivity contribution < 1.29 is 13.2 Å². The maximum absolute atomic E-state index is 12.6. The van der Waals surface area contributed by atoms with Gasteiger partial charge in [0.05, 0.1) is 16.8 Å². The second kappa shape index (κ2) is 4.84. The van der Waals surface area contributed by atoms with Gasteiger partial charge in [0.25, 0.3) is 0 Å². The molecule has 0 aliphatic rings. The third kappa shape index (κ3) is 2.59. The van der Waals surface area contributed by atoms with E-state index in [4.69, 9.17) is 0 Å². The van der Waals surface area contributed by atoms with Crippen LogP contribution in [0.5, 0.6) is 0 Å². The van der Waals surface area contributed by atoms with Crippen molar-refractivity contribution in [3.8, 4) is 11.3 Å². The summed E-state index contributed by atoms with van der Waals surface area (Å²) in [6.07, 6.45) is -4.33. The molecule has 5 heteroatoms. The normalized spacial score (nSPS) is 11.8. The molecule has 0 bridgehead atoms. The topological polar surface area (TPSA) is 25.8 Å². The van der Waals surface area contributed by atoms with Gasteiger partial charge in [-0.05, 0) is 25.1 Å². The Balaban J connectivity index is 2.16. The van der Waals surface area contributed by atoms with E-state index in [2.05, 4.69) is 9.97 Å². The zero-order valence-corrected chi connectivity index (χ0v) is 11.1. The van der Waals surface area contributed by atoms with E-state index in [-0.39, 0.29) is 0 Å². The van der Waals surface area contributed by atoms with Crippen molar-refractivity contribution in [3.05, 3.63) is 59.9 Å². The van der Waals surface area contributed by atoms with E-state index in [0.29, 0.717) is 17.1 Å². The molecule has 0 fully saturated rings. The number of halogens is 3. The van der Waals surface area contributed by atoms with Crippen molar-refractivity contribution >= 4 is 10.9 Å². The Kier molecular flexibility index (Phi) is 3.12. The van der Waals surface area contributed by atoms with Crippen LogP contribution in [0.3, 0.4) is 0 Å². The van der Waals surface area contributed by atoms with E-state index in [1.165, 1.54) is 12.1 Å². The van der Waals surface area contributed by atoms with Crippen molar-refractivity contribution in [3.63, 3.8) is 0 Å². The van der Waals surface area contributed by atoms with Crippen LogP contribution >= 0.6 is 0 Å². The summed E-state index contributed by atoms with van der Waals surface area (Å²) in [4.78, 5) is 8.70. The summed E-state index contributed by atoms with van der Waals surface area (Å²) in [7, 11) is 0. The molecular weight excluding hydrogens is 277 g/mol. The average molecular weight is 288 g/mol. The molecule has 0 radical (unpaired) electrons. The summed E-state index contributed by atoms with van der Waals surface area (Å²) < 4.78 is 37.8. The first-order valence-corrected chi connectivity index (χ1v) is 6.36. The lowest BCUT2D eigenvalue weighted by Gasteiger charge is -2.09. The number of hydrogen-bond donors (Lipinski definition) is 0. The van der Waals surface area contributed by atoms with Gasteiger partial charge in [0.1, 0.15) is 5.82 Å². The highest BCUT2D eigenvalue weighted by atomic mass is 19.4. The van der Waals surface area contributed by atoms with E-state index in [1.807, 2.05) is 24.3 Å². The highest BCUT2D eigenvalue weighted by molar-refractivity contribution is 5.92. The molecule has 106 valence electrons. The minimum atomic E-state index is -4.33. The molecule has 0 saturated carbocycles. The first-order chi connectivity index (χ1) is 9.95. The van der Waals surface area contributed by atoms with E-state index >= 15 is 0 Å². The van der Waals surface area contributed by atoms with Gasteiger partial charge in [-0.25, -0.2) is 9.97 Å². The van der Waals surface area contributed by atoms with Gasteiger partial charge >= 0.3 is 6.18 Å². The number of aromatic nitrogens is 2. The zero-order chi connectivity index (χ0) is 15.0. The number of nitrogens with zero attached hydrogens (tertiary/aromatic N) is 2. The van der Waals surface area contributed by atoms with Gasteiger partial charge in [0, 0.05) is 10.9 Å². The molecule has 0 spiro atoms. The van der Waals surface area contributed by atoms with E-state index in [0.717, 1.165) is 23.0 Å². The standard InChI is InChI=1S/C16H11F3N2/c1-10-20-14-5-3-2-4-13(14)15(21-10)11-6-8-12(9-7-11)16(17,18)19/h2-9H,1H3. The molecule has 0 saturated heterocycles. The Morgan fingerprint density at radius 1 is 0.857 bits per heavy atom. The van der Waals surface area contributed by atoms with Gasteiger partial charge in [-0.3, -0.25) is 0 Å². The number of rotatable bonds is 1. The van der Waals surface area contributed by atoms with Crippen molar-refractivity contribution in [1.29, 1.82) is 0 Å². The third-order valence-electron chi connectivity index (χ3n) is 3.20. The molecule has 3 rings (SSSR count). The quantitative estimate of drug-likeness (QED) is 0.652. The number of fused-ring (bicyclic) bond motifs is 1. The predicted octanol–water partition coefficient (Wildman–Crippen LogP) is 4.62. The molecule has 1 aromatic heterocycles. The molecule has 3 aromatic rings. The van der Waals surface area contributed by atoms with E-state index < -0.39 is 11.7 Å². The van der Waals surface area contributed by atoms with Gasteiger partial charge in [0.15, 0.2) is 0 Å². The SMILES string of the molecule is Cc1nc(-c2ccc(C(F)(F)F)cc2)c2ccccc2n1. The first-order valence-electron chi connectivity index (χ1n) is 6.36. The number of alkyl halides is 3. The maximum Gasteiger partial charge on any atom is 0.416 e. The molecule has 2 nitrogen and oxygen atoms in total. The molecule has 21 heavy (non-hydrogen) atoms. The van der Waals surface area contributed by atoms with Crippen molar-refractivity contribution in [2.24, 2.45) is 0 Å². The lowest BCUT2D eigenvalue weighted by atomic mass is 10.0. The second-order valence-electron chi connectivity index (χ2n) is 4.71. The first kappa shape index (κ1) is 13.5. The van der Waals surface area contributed by atoms with Crippen LogP contribution in [0.1, 0.15) is 11.4 Å². The van der Waals surface area contributed by atoms with Crippen LogP contribution in [0.25, 0.3) is 22.2 Å². The summed E-state index contributed by atoms with van der Waals surface area (Å²) in [6, 6.07) is 12.5. The fourth-order valence-corrected chi connectivity index (χ4v) is 2.23. The minimum Gasteiger partial charge on any atom is -0.233 e. The summed E-state index contributed by atoms with van der Waals surface area (Å²) in [6.45, 7) is 1.76. The molecule has 0 amide bonds. The van der Waals surface area contributed by atoms with Crippen molar-refractivity contribution in [2.75, 3.05) is 0 Å². The Hall–Kier alpha value is -2.43. The van der Waals surface area contributed by atoms with Crippen molar-refractivity contribution in [2.45, 2.75) is 13.1 Å². The summed E-state index contributed by atoms with van der Waals surface area (Å²) in [5.41, 5.74) is 1.40. The Bertz CT molecular complexity index is 793. The smallest absolute Gasteiger partial charge is 0.233 e. The third-order valence-corrected chi connectivity index (χ3v) is 3.20. The fraction of sp³-hybridized carbons (Fsp3) is 0.125. The largest absolute Gasteiger partial charge is 0.416 e. The van der Waals surface area contributed by atoms with Crippen LogP contribution in [-0.4, -0.2) is 9.97 Å². The Morgan fingerprint density at radius 2 is 1.52 bits per heavy atom. The summed E-state index contributed by atoms with van der Waals surface area (Å²) in [5.74, 6) is 0.587. The van der Waals surface area contributed by atoms with Gasteiger partial charge < -0.3 is 0 Å². The Labute approximate surface area is 119 Å². The average Bonchev–Trinajstić information content (AvgIpc) is 2.45. The van der Waals surface area contributed by atoms with Crippen LogP contribution in [0.4, 0.5) is 13.2 Å². The lowest BCUT2D eigenvalue weighted by Crippen LogP contribution is -2.04. The number of para-hydroxylation sites is 1. The highest BCUT2D eigenvalue weighted by Crippen LogP contribution is 2.32. The van der Waals surface area contributed by atoms with Gasteiger partial charge in [-0.15, -0.1) is 0 Å². The monoisotopic (exact) mass is 288 g/mol. The van der Waals surface area contributed by atoms with E-state index in [9.17, 15) is 13.2 Å². The van der Waals surface area contributed by atoms with Crippen molar-refractivity contribution in [1.82, 2.24) is 9.97 Å². The summed E-state index contributed by atoms with van der Waals surface area (Å²) >= 11 is 0. The van der Waals surface area contributed by atoms with Gasteiger partial charge in [-0.2, -0.15) is 13.2 Å². The van der Waals surface area contributed by atoms with Gasteiger partial charge in [0.2, 0.25) is 0 Å². The fourth-order valence-electron chi connectivity index (χ4n) is 2.23. The highest BCUT2D eigenvalue weighted by Gasteiger charge is 2.30. The predicted molar refractivity (Wildman–Crippen MR) is 74.7 cm³/mol. The molecule has 2 aromatic carbocycles.